The Morgan fingerprint density at radius 2 is 1.75 bits per heavy atom. The first kappa shape index (κ1) is 8.82. The summed E-state index contributed by atoms with van der Waals surface area (Å²) >= 11 is 0. The minimum Gasteiger partial charge on any atom is -0.379 e. The fourth-order valence-electron chi connectivity index (χ4n) is 0. The fourth-order valence-corrected chi connectivity index (χ4v) is 0. The molecule has 0 aromatic carbocycles. The van der Waals surface area contributed by atoms with Gasteiger partial charge in [-0.15, -0.1) is 4.91 Å². The van der Waals surface area contributed by atoms with E-state index in [2.05, 4.69) is 0 Å². The van der Waals surface area contributed by atoms with Crippen LogP contribution in [0.4, 0.5) is 0 Å². The van der Waals surface area contributed by atoms with E-state index in [0.717, 1.165) is 0 Å². The minimum absolute atomic E-state index is 0. The summed E-state index contributed by atoms with van der Waals surface area (Å²) in [6.45, 7) is 0. The molecule has 0 saturated carbocycles. The molecule has 0 aromatic rings. The van der Waals surface area contributed by atoms with E-state index in [0.29, 0.717) is 0 Å². The van der Waals surface area contributed by atoms with Gasteiger partial charge in [-0.1, -0.05) is 0 Å². The number of hydrogen-bond donors (Lipinski definition) is 1. The Balaban J connectivity index is 0. The van der Waals surface area contributed by atoms with Gasteiger partial charge in [0, 0.05) is 38.2 Å². The summed E-state index contributed by atoms with van der Waals surface area (Å²) < 4.78 is 0. The molecule has 3 nitrogen and oxygen atoms in total. The van der Waals surface area contributed by atoms with Crippen molar-refractivity contribution in [1.29, 1.82) is 0 Å². The molecule has 0 radical (unpaired) electrons. The Bertz CT molecular complexity index is 13.5. The van der Waals surface area contributed by atoms with Gasteiger partial charge in [0.05, 0.1) is 0 Å². The average molecular weight is 210 g/mol. The van der Waals surface area contributed by atoms with Gasteiger partial charge in [-0.3, -0.25) is 0 Å². The topological polar surface area (TPSA) is 49.7 Å². The first-order valence-corrected chi connectivity index (χ1v) is 0.383. The van der Waals surface area contributed by atoms with E-state index in [1.54, 1.807) is 0 Å². The van der Waals surface area contributed by atoms with Crippen LogP contribution in [0.25, 0.3) is 0 Å². The molecule has 0 fully saturated rings. The zero-order chi connectivity index (χ0) is 2.71. The van der Waals surface area contributed by atoms with E-state index in [1.165, 1.54) is 5.34 Å². The standard InChI is InChI=1S/Dy.HNO2/c;2-1-3/h;(H,2,3). The summed E-state index contributed by atoms with van der Waals surface area (Å²) in [5, 5.41) is 7.89. The molecule has 0 rings (SSSR count). The molecule has 1 N–H and O–H groups in total. The number of rotatable bonds is 0. The number of hydrogen-bond acceptors (Lipinski definition) is 2. The molecule has 4 heteroatoms. The first-order chi connectivity index (χ1) is 1.41. The largest absolute Gasteiger partial charge is 0.379 e. The van der Waals surface area contributed by atoms with Gasteiger partial charge < -0.3 is 5.21 Å². The predicted molar refractivity (Wildman–Crippen MR) is 7.58 cm³/mol. The Labute approximate surface area is 53.3 Å². The van der Waals surface area contributed by atoms with E-state index in [-0.39, 0.29) is 38.2 Å². The van der Waals surface area contributed by atoms with Gasteiger partial charge in [-0.25, -0.2) is 0 Å². The van der Waals surface area contributed by atoms with Crippen molar-refractivity contribution in [2.24, 2.45) is 5.34 Å². The van der Waals surface area contributed by atoms with Gasteiger partial charge in [0.15, 0.2) is 5.34 Å². The third-order valence-electron chi connectivity index (χ3n) is 0. The van der Waals surface area contributed by atoms with E-state index >= 15 is 0 Å². The summed E-state index contributed by atoms with van der Waals surface area (Å²) in [5.74, 6) is 0. The van der Waals surface area contributed by atoms with Gasteiger partial charge in [-0.05, 0) is 0 Å². The number of nitrogens with zero attached hydrogens (tertiary/aromatic N) is 1. The van der Waals surface area contributed by atoms with Gasteiger partial charge >= 0.3 is 0 Å². The van der Waals surface area contributed by atoms with Crippen LogP contribution in [0.3, 0.4) is 0 Å². The maximum atomic E-state index is 8.11. The first-order valence-electron chi connectivity index (χ1n) is 0.383. The van der Waals surface area contributed by atoms with E-state index in [1.807, 2.05) is 0 Å². The van der Waals surface area contributed by atoms with Crippen molar-refractivity contribution in [3.8, 4) is 0 Å². The average Bonchev–Trinajstić information content (AvgIpc) is 0.918. The second-order valence-electron chi connectivity index (χ2n) is 0.0816. The van der Waals surface area contributed by atoms with Gasteiger partial charge in [0.1, 0.15) is 0 Å². The van der Waals surface area contributed by atoms with Crippen LogP contribution in [0.5, 0.6) is 0 Å². The van der Waals surface area contributed by atoms with Crippen molar-refractivity contribution in [3.05, 3.63) is 4.91 Å². The predicted octanol–water partition coefficient (Wildman–Crippen LogP) is 0.142. The van der Waals surface area contributed by atoms with Gasteiger partial charge in [0.25, 0.3) is 0 Å². The molecular weight excluding hydrogens is 209 g/mol. The van der Waals surface area contributed by atoms with Crippen LogP contribution in [-0.4, -0.2) is 5.21 Å². The molecule has 0 atom stereocenters. The maximum Gasteiger partial charge on any atom is 0.152 e. The van der Waals surface area contributed by atoms with Gasteiger partial charge in [0.2, 0.25) is 0 Å². The summed E-state index contributed by atoms with van der Waals surface area (Å²) in [5.41, 5.74) is 0. The Morgan fingerprint density at radius 3 is 1.75 bits per heavy atom. The van der Waals surface area contributed by atoms with Crippen LogP contribution in [0.2, 0.25) is 0 Å². The van der Waals surface area contributed by atoms with Crippen molar-refractivity contribution in [2.75, 3.05) is 0 Å². The maximum absolute atomic E-state index is 8.11. The summed E-state index contributed by atoms with van der Waals surface area (Å²) in [6.07, 6.45) is 0. The second-order valence-corrected chi connectivity index (χ2v) is 0.0816. The van der Waals surface area contributed by atoms with E-state index in [4.69, 9.17) is 10.1 Å². The normalized spacial score (nSPS) is 3.00. The third-order valence-corrected chi connectivity index (χ3v) is 0. The molecule has 0 amide bonds. The second kappa shape index (κ2) is 9.38. The van der Waals surface area contributed by atoms with Crippen molar-refractivity contribution < 1.29 is 43.4 Å². The molecule has 0 spiro atoms. The van der Waals surface area contributed by atoms with Crippen LogP contribution in [0, 0.1) is 43.1 Å². The molecule has 0 saturated heterocycles. The van der Waals surface area contributed by atoms with E-state index < -0.39 is 0 Å². The zero-order valence-electron chi connectivity index (χ0n) is 1.62. The molecular formula is HDyNO2. The Kier molecular flexibility index (Phi) is 20.7. The van der Waals surface area contributed by atoms with Crippen LogP contribution in [-0.2, 0) is 0 Å². The monoisotopic (exact) mass is 211 g/mol. The zero-order valence-corrected chi connectivity index (χ0v) is 3.65. The quantitative estimate of drug-likeness (QED) is 0.456. The van der Waals surface area contributed by atoms with Gasteiger partial charge in [-0.2, -0.15) is 0 Å². The van der Waals surface area contributed by atoms with Crippen LogP contribution < -0.4 is 0 Å². The summed E-state index contributed by atoms with van der Waals surface area (Å²) in [4.78, 5) is 8.11. The molecule has 0 aliphatic rings. The molecule has 0 heterocycles. The molecule has 28 valence electrons. The molecule has 0 aliphatic heterocycles. The van der Waals surface area contributed by atoms with E-state index in [9.17, 15) is 0 Å². The van der Waals surface area contributed by atoms with Crippen molar-refractivity contribution in [2.45, 2.75) is 0 Å². The Hall–Kier alpha value is 0.673. The summed E-state index contributed by atoms with van der Waals surface area (Å²) in [6, 6.07) is 0. The summed E-state index contributed by atoms with van der Waals surface area (Å²) in [7, 11) is 0. The SMILES string of the molecule is O=NO.[Dy]. The minimum atomic E-state index is 0. The molecule has 0 unspecified atom stereocenters. The third kappa shape index (κ3) is 16.5. The molecule has 0 aliphatic carbocycles. The van der Waals surface area contributed by atoms with Crippen molar-refractivity contribution >= 4 is 0 Å². The van der Waals surface area contributed by atoms with Crippen molar-refractivity contribution in [3.63, 3.8) is 0 Å². The van der Waals surface area contributed by atoms with Crippen molar-refractivity contribution in [1.82, 2.24) is 0 Å². The smallest absolute Gasteiger partial charge is 0.152 e. The molecule has 0 aromatic heterocycles. The Morgan fingerprint density at radius 1 is 1.75 bits per heavy atom. The van der Waals surface area contributed by atoms with Crippen LogP contribution >= 0.6 is 0 Å². The molecule has 4 heavy (non-hydrogen) atoms. The van der Waals surface area contributed by atoms with Crippen LogP contribution in [0.15, 0.2) is 5.34 Å². The van der Waals surface area contributed by atoms with Crippen LogP contribution in [0.1, 0.15) is 0 Å². The molecule has 0 bridgehead atoms. The fraction of sp³-hybridized carbons (Fsp3) is 0.